The molecule has 0 fully saturated rings. The number of hydrogen-bond acceptors (Lipinski definition) is 4. The standard InChI is InChI=1S/C14H14ClN5/c1-8-10(15)5-4-6-11(8)18-13-12-9(2)19-20(3)14(12)17-7-16-13/h4-7H,1-3H3,(H,16,17,18). The smallest absolute Gasteiger partial charge is 0.163 e. The molecule has 0 atom stereocenters. The number of aromatic nitrogens is 4. The largest absolute Gasteiger partial charge is 0.339 e. The minimum atomic E-state index is 0.725. The average molecular weight is 288 g/mol. The van der Waals surface area contributed by atoms with Crippen LogP contribution in [0.4, 0.5) is 11.5 Å². The number of halogens is 1. The molecule has 5 nitrogen and oxygen atoms in total. The molecule has 20 heavy (non-hydrogen) atoms. The number of benzene rings is 1. The molecular weight excluding hydrogens is 274 g/mol. The molecule has 2 heterocycles. The minimum Gasteiger partial charge on any atom is -0.339 e. The average Bonchev–Trinajstić information content (AvgIpc) is 2.72. The van der Waals surface area contributed by atoms with Gasteiger partial charge in [-0.1, -0.05) is 17.7 Å². The molecule has 0 aliphatic carbocycles. The molecule has 0 spiro atoms. The van der Waals surface area contributed by atoms with Crippen molar-refractivity contribution in [2.45, 2.75) is 13.8 Å². The van der Waals surface area contributed by atoms with Crippen molar-refractivity contribution in [1.82, 2.24) is 19.7 Å². The highest BCUT2D eigenvalue weighted by Crippen LogP contribution is 2.29. The van der Waals surface area contributed by atoms with Crippen molar-refractivity contribution in [1.29, 1.82) is 0 Å². The Labute approximate surface area is 121 Å². The van der Waals surface area contributed by atoms with E-state index >= 15 is 0 Å². The summed E-state index contributed by atoms with van der Waals surface area (Å²) in [7, 11) is 1.87. The number of hydrogen-bond donors (Lipinski definition) is 1. The zero-order valence-corrected chi connectivity index (χ0v) is 12.2. The van der Waals surface area contributed by atoms with Crippen LogP contribution in [0.3, 0.4) is 0 Å². The van der Waals surface area contributed by atoms with Gasteiger partial charge in [0.15, 0.2) is 5.65 Å². The summed E-state index contributed by atoms with van der Waals surface area (Å²) in [5.74, 6) is 0.742. The Morgan fingerprint density at radius 3 is 2.80 bits per heavy atom. The fourth-order valence-corrected chi connectivity index (χ4v) is 2.42. The number of rotatable bonds is 2. The van der Waals surface area contributed by atoms with Crippen molar-refractivity contribution in [2.24, 2.45) is 7.05 Å². The zero-order chi connectivity index (χ0) is 14.3. The summed E-state index contributed by atoms with van der Waals surface area (Å²) in [5, 5.41) is 9.35. The molecule has 0 bridgehead atoms. The lowest BCUT2D eigenvalue weighted by Gasteiger charge is -2.10. The summed E-state index contributed by atoms with van der Waals surface area (Å²) < 4.78 is 1.75. The fraction of sp³-hybridized carbons (Fsp3) is 0.214. The molecule has 3 rings (SSSR count). The third kappa shape index (κ3) is 2.00. The van der Waals surface area contributed by atoms with Crippen LogP contribution in [0, 0.1) is 13.8 Å². The molecule has 1 N–H and O–H groups in total. The number of fused-ring (bicyclic) bond motifs is 1. The molecule has 0 aliphatic rings. The highest BCUT2D eigenvalue weighted by Gasteiger charge is 2.13. The molecule has 102 valence electrons. The summed E-state index contributed by atoms with van der Waals surface area (Å²) in [6.07, 6.45) is 1.53. The second-order valence-corrected chi connectivity index (χ2v) is 5.07. The van der Waals surface area contributed by atoms with E-state index in [0.717, 1.165) is 38.8 Å². The van der Waals surface area contributed by atoms with Crippen LogP contribution in [0.1, 0.15) is 11.3 Å². The quantitative estimate of drug-likeness (QED) is 0.785. The second-order valence-electron chi connectivity index (χ2n) is 4.67. The summed E-state index contributed by atoms with van der Waals surface area (Å²) in [5.41, 5.74) is 3.62. The van der Waals surface area contributed by atoms with Crippen LogP contribution in [-0.4, -0.2) is 19.7 Å². The van der Waals surface area contributed by atoms with Crippen LogP contribution in [0.2, 0.25) is 5.02 Å². The van der Waals surface area contributed by atoms with Crippen molar-refractivity contribution in [3.8, 4) is 0 Å². The van der Waals surface area contributed by atoms with E-state index in [1.807, 2.05) is 39.1 Å². The van der Waals surface area contributed by atoms with Crippen LogP contribution in [0.15, 0.2) is 24.5 Å². The Balaban J connectivity index is 2.14. The predicted octanol–water partition coefficient (Wildman–Crippen LogP) is 3.38. The van der Waals surface area contributed by atoms with E-state index in [9.17, 15) is 0 Å². The topological polar surface area (TPSA) is 55.6 Å². The highest BCUT2D eigenvalue weighted by molar-refractivity contribution is 6.31. The summed E-state index contributed by atoms with van der Waals surface area (Å²) in [6, 6.07) is 5.75. The van der Waals surface area contributed by atoms with Crippen molar-refractivity contribution >= 4 is 34.1 Å². The normalized spacial score (nSPS) is 11.0. The van der Waals surface area contributed by atoms with Crippen molar-refractivity contribution in [2.75, 3.05) is 5.32 Å². The molecule has 1 aromatic carbocycles. The van der Waals surface area contributed by atoms with Gasteiger partial charge in [0.2, 0.25) is 0 Å². The summed E-state index contributed by atoms with van der Waals surface area (Å²) >= 11 is 6.14. The molecule has 0 radical (unpaired) electrons. The van der Waals surface area contributed by atoms with Gasteiger partial charge in [-0.15, -0.1) is 0 Å². The molecule has 2 aromatic heterocycles. The van der Waals surface area contributed by atoms with E-state index in [-0.39, 0.29) is 0 Å². The maximum absolute atomic E-state index is 6.14. The van der Waals surface area contributed by atoms with Crippen LogP contribution in [0.25, 0.3) is 11.0 Å². The van der Waals surface area contributed by atoms with Crippen LogP contribution >= 0.6 is 11.6 Å². The monoisotopic (exact) mass is 287 g/mol. The Kier molecular flexibility index (Phi) is 3.06. The van der Waals surface area contributed by atoms with E-state index in [1.165, 1.54) is 6.33 Å². The first-order valence-corrected chi connectivity index (χ1v) is 6.62. The van der Waals surface area contributed by atoms with Gasteiger partial charge >= 0.3 is 0 Å². The molecule has 0 saturated carbocycles. The molecule has 0 unspecified atom stereocenters. The van der Waals surface area contributed by atoms with E-state index in [1.54, 1.807) is 4.68 Å². The van der Waals surface area contributed by atoms with Gasteiger partial charge < -0.3 is 5.32 Å². The van der Waals surface area contributed by atoms with Crippen LogP contribution in [0.5, 0.6) is 0 Å². The highest BCUT2D eigenvalue weighted by atomic mass is 35.5. The number of nitrogens with zero attached hydrogens (tertiary/aromatic N) is 4. The first-order valence-electron chi connectivity index (χ1n) is 6.24. The maximum Gasteiger partial charge on any atom is 0.163 e. The molecule has 3 aromatic rings. The fourth-order valence-electron chi connectivity index (χ4n) is 2.24. The van der Waals surface area contributed by atoms with Gasteiger partial charge in [-0.3, -0.25) is 4.68 Å². The van der Waals surface area contributed by atoms with E-state index < -0.39 is 0 Å². The van der Waals surface area contributed by atoms with E-state index in [2.05, 4.69) is 20.4 Å². The van der Waals surface area contributed by atoms with Crippen molar-refractivity contribution in [3.63, 3.8) is 0 Å². The van der Waals surface area contributed by atoms with Crippen LogP contribution in [-0.2, 0) is 7.05 Å². The lowest BCUT2D eigenvalue weighted by atomic mass is 10.2. The number of anilines is 2. The molecule has 6 heteroatoms. The lowest BCUT2D eigenvalue weighted by molar-refractivity contribution is 0.773. The van der Waals surface area contributed by atoms with Gasteiger partial charge in [0.1, 0.15) is 12.1 Å². The predicted molar refractivity (Wildman–Crippen MR) is 80.5 cm³/mol. The van der Waals surface area contributed by atoms with Crippen molar-refractivity contribution in [3.05, 3.63) is 40.8 Å². The van der Waals surface area contributed by atoms with Gasteiger partial charge in [0, 0.05) is 17.8 Å². The summed E-state index contributed by atoms with van der Waals surface area (Å²) in [4.78, 5) is 8.60. The number of nitrogens with one attached hydrogen (secondary N) is 1. The Bertz CT molecular complexity index is 794. The van der Waals surface area contributed by atoms with E-state index in [0.29, 0.717) is 0 Å². The molecule has 0 aliphatic heterocycles. The SMILES string of the molecule is Cc1c(Cl)cccc1Nc1ncnc2c1c(C)nn2C. The van der Waals surface area contributed by atoms with Crippen molar-refractivity contribution < 1.29 is 0 Å². The first kappa shape index (κ1) is 12.9. The third-order valence-corrected chi connectivity index (χ3v) is 3.73. The third-order valence-electron chi connectivity index (χ3n) is 3.32. The van der Waals surface area contributed by atoms with Gasteiger partial charge in [-0.05, 0) is 31.5 Å². The maximum atomic E-state index is 6.14. The van der Waals surface area contributed by atoms with Crippen LogP contribution < -0.4 is 5.32 Å². The van der Waals surface area contributed by atoms with Gasteiger partial charge in [0.25, 0.3) is 0 Å². The summed E-state index contributed by atoms with van der Waals surface area (Å²) in [6.45, 7) is 3.92. The Morgan fingerprint density at radius 2 is 2.00 bits per heavy atom. The Hall–Kier alpha value is -2.14. The van der Waals surface area contributed by atoms with Gasteiger partial charge in [0.05, 0.1) is 11.1 Å². The lowest BCUT2D eigenvalue weighted by Crippen LogP contribution is -1.98. The minimum absolute atomic E-state index is 0.725. The number of aryl methyl sites for hydroxylation is 2. The molecule has 0 amide bonds. The molecule has 0 saturated heterocycles. The van der Waals surface area contributed by atoms with E-state index in [4.69, 9.17) is 11.6 Å². The second kappa shape index (κ2) is 4.76. The zero-order valence-electron chi connectivity index (χ0n) is 11.5. The molecular formula is C14H14ClN5. The first-order chi connectivity index (χ1) is 9.58. The van der Waals surface area contributed by atoms with Gasteiger partial charge in [-0.2, -0.15) is 5.10 Å². The Morgan fingerprint density at radius 1 is 1.20 bits per heavy atom. The van der Waals surface area contributed by atoms with Gasteiger partial charge in [-0.25, -0.2) is 9.97 Å².